The first-order valence-corrected chi connectivity index (χ1v) is 11.1. The summed E-state index contributed by atoms with van der Waals surface area (Å²) >= 11 is 1.25. The van der Waals surface area contributed by atoms with Crippen LogP contribution in [0.4, 0.5) is 5.13 Å². The number of hydrogen-bond donors (Lipinski definition) is 2. The third kappa shape index (κ3) is 4.62. The van der Waals surface area contributed by atoms with Gasteiger partial charge in [-0.05, 0) is 25.5 Å². The summed E-state index contributed by atoms with van der Waals surface area (Å²) in [5.74, 6) is -0.845. The Hall–Kier alpha value is -3.63. The average Bonchev–Trinajstić information content (AvgIpc) is 3.47. The van der Waals surface area contributed by atoms with Crippen molar-refractivity contribution in [3.05, 3.63) is 59.5 Å². The molecule has 10 heteroatoms. The third-order valence-electron chi connectivity index (χ3n) is 5.47. The molecule has 0 spiro atoms. The van der Waals surface area contributed by atoms with E-state index in [1.807, 2.05) is 17.6 Å². The van der Waals surface area contributed by atoms with Crippen molar-refractivity contribution in [1.82, 2.24) is 19.9 Å². The number of hydrogen-bond acceptors (Lipinski definition) is 7. The van der Waals surface area contributed by atoms with Crippen LogP contribution in [0.1, 0.15) is 40.3 Å². The van der Waals surface area contributed by atoms with E-state index in [1.165, 1.54) is 11.3 Å². The first kappa shape index (κ1) is 22.6. The van der Waals surface area contributed by atoms with Gasteiger partial charge in [-0.3, -0.25) is 14.4 Å². The minimum atomic E-state index is -0.800. The molecule has 1 atom stereocenters. The van der Waals surface area contributed by atoms with Crippen molar-refractivity contribution in [1.29, 1.82) is 0 Å². The summed E-state index contributed by atoms with van der Waals surface area (Å²) in [6.07, 6.45) is 5.63. The highest BCUT2D eigenvalue weighted by atomic mass is 32.1. The Morgan fingerprint density at radius 2 is 2.12 bits per heavy atom. The molecular formula is C23H23N5O4S. The van der Waals surface area contributed by atoms with E-state index in [0.717, 1.165) is 17.4 Å². The lowest BCUT2D eigenvalue weighted by Crippen LogP contribution is -2.48. The molecule has 2 amide bonds. The second-order valence-corrected chi connectivity index (χ2v) is 8.90. The molecule has 1 fully saturated rings. The van der Waals surface area contributed by atoms with Crippen molar-refractivity contribution >= 4 is 40.6 Å². The molecule has 0 bridgehead atoms. The van der Waals surface area contributed by atoms with Crippen LogP contribution in [-0.4, -0.2) is 51.9 Å². The third-order valence-corrected chi connectivity index (χ3v) is 6.23. The largest absolute Gasteiger partial charge is 0.376 e. The van der Waals surface area contributed by atoms with Crippen LogP contribution in [0.15, 0.2) is 42.7 Å². The minimum Gasteiger partial charge on any atom is -0.376 e. The first-order valence-electron chi connectivity index (χ1n) is 10.2. The molecule has 9 nitrogen and oxygen atoms in total. The number of benzene rings is 1. The molecule has 0 aliphatic carbocycles. The monoisotopic (exact) mass is 465 g/mol. The molecule has 2 aromatic heterocycles. The predicted octanol–water partition coefficient (Wildman–Crippen LogP) is 2.96. The average molecular weight is 466 g/mol. The Bertz CT molecular complexity index is 1230. The Kier molecular flexibility index (Phi) is 6.21. The lowest BCUT2D eigenvalue weighted by atomic mass is 10.0. The van der Waals surface area contributed by atoms with Gasteiger partial charge < -0.3 is 19.9 Å². The van der Waals surface area contributed by atoms with Gasteiger partial charge in [-0.15, -0.1) is 11.3 Å². The van der Waals surface area contributed by atoms with E-state index in [4.69, 9.17) is 4.74 Å². The molecule has 0 radical (unpaired) electrons. The number of amides is 2. The zero-order valence-corrected chi connectivity index (χ0v) is 19.0. The van der Waals surface area contributed by atoms with Gasteiger partial charge in [-0.2, -0.15) is 0 Å². The molecule has 4 rings (SSSR count). The molecule has 1 aromatic carbocycles. The van der Waals surface area contributed by atoms with Crippen molar-refractivity contribution in [3.8, 4) is 11.3 Å². The number of thiazole rings is 1. The molecule has 1 aliphatic rings. The van der Waals surface area contributed by atoms with Crippen molar-refractivity contribution in [3.63, 3.8) is 0 Å². The normalized spacial score (nSPS) is 15.2. The van der Waals surface area contributed by atoms with Crippen LogP contribution >= 0.6 is 11.3 Å². The number of carbonyl (C=O) groups is 3. The minimum absolute atomic E-state index is 0.199. The van der Waals surface area contributed by atoms with Gasteiger partial charge in [-0.25, -0.2) is 9.97 Å². The van der Waals surface area contributed by atoms with Gasteiger partial charge in [-0.1, -0.05) is 24.8 Å². The maximum Gasteiger partial charge on any atom is 0.272 e. The van der Waals surface area contributed by atoms with E-state index >= 15 is 0 Å². The van der Waals surface area contributed by atoms with Crippen LogP contribution < -0.4 is 10.6 Å². The molecule has 3 aromatic rings. The summed E-state index contributed by atoms with van der Waals surface area (Å²) in [6.45, 7) is 8.43. The molecule has 33 heavy (non-hydrogen) atoms. The number of aromatic nitrogens is 3. The fourth-order valence-corrected chi connectivity index (χ4v) is 4.04. The van der Waals surface area contributed by atoms with E-state index in [1.54, 1.807) is 43.0 Å². The summed E-state index contributed by atoms with van der Waals surface area (Å²) in [5, 5.41) is 7.54. The lowest BCUT2D eigenvalue weighted by Gasteiger charge is -2.39. The number of nitrogens with zero attached hydrogens (tertiary/aromatic N) is 3. The second kappa shape index (κ2) is 9.08. The number of ether oxygens (including phenoxy) is 1. The number of nitrogens with one attached hydrogen (secondary N) is 2. The van der Waals surface area contributed by atoms with Crippen LogP contribution in [0.5, 0.6) is 0 Å². The molecule has 2 N–H and O–H groups in total. The maximum absolute atomic E-state index is 12.6. The highest BCUT2D eigenvalue weighted by Gasteiger charge is 2.35. The van der Waals surface area contributed by atoms with Crippen molar-refractivity contribution < 1.29 is 19.1 Å². The standard InChI is InChI=1S/C23H23N5O4S/c1-4-15-5-6-16(7-17(15)9-29)19-10-33-22(26-19)27-20(30)14(2)25-21(31)18-8-28(13-24-18)23(3)11-32-12-23/h4-10,13-14H,1,11-12H2,2-3H3,(H,25,31)(H,26,27,30)/t14-/m0/s1. The van der Waals surface area contributed by atoms with Crippen LogP contribution in [-0.2, 0) is 15.1 Å². The topological polar surface area (TPSA) is 115 Å². The quantitative estimate of drug-likeness (QED) is 0.494. The molecule has 170 valence electrons. The highest BCUT2D eigenvalue weighted by molar-refractivity contribution is 7.14. The van der Waals surface area contributed by atoms with E-state index < -0.39 is 17.9 Å². The smallest absolute Gasteiger partial charge is 0.272 e. The van der Waals surface area contributed by atoms with E-state index in [0.29, 0.717) is 29.6 Å². The van der Waals surface area contributed by atoms with E-state index in [2.05, 4.69) is 27.2 Å². The van der Waals surface area contributed by atoms with Crippen LogP contribution in [0.2, 0.25) is 0 Å². The zero-order valence-electron chi connectivity index (χ0n) is 18.2. The van der Waals surface area contributed by atoms with Crippen molar-refractivity contribution in [2.45, 2.75) is 25.4 Å². The summed E-state index contributed by atoms with van der Waals surface area (Å²) in [7, 11) is 0. The first-order chi connectivity index (χ1) is 15.8. The zero-order chi connectivity index (χ0) is 23.6. The van der Waals surface area contributed by atoms with Gasteiger partial charge in [0.25, 0.3) is 5.91 Å². The maximum atomic E-state index is 12.6. The van der Waals surface area contributed by atoms with Gasteiger partial charge in [0.2, 0.25) is 5.91 Å². The summed E-state index contributed by atoms with van der Waals surface area (Å²) in [4.78, 5) is 44.9. The molecule has 1 aliphatic heterocycles. The molecular weight excluding hydrogens is 442 g/mol. The summed E-state index contributed by atoms with van der Waals surface area (Å²) in [5.41, 5.74) is 2.66. The molecule has 1 saturated heterocycles. The lowest BCUT2D eigenvalue weighted by molar-refractivity contribution is -0.117. The fraction of sp³-hybridized carbons (Fsp3) is 0.261. The highest BCUT2D eigenvalue weighted by Crippen LogP contribution is 2.27. The van der Waals surface area contributed by atoms with Crippen molar-refractivity contribution in [2.24, 2.45) is 0 Å². The second-order valence-electron chi connectivity index (χ2n) is 8.04. The number of carbonyl (C=O) groups excluding carboxylic acids is 3. The van der Waals surface area contributed by atoms with Gasteiger partial charge in [0.1, 0.15) is 11.7 Å². The Balaban J connectivity index is 1.37. The molecule has 0 saturated carbocycles. The summed E-state index contributed by atoms with van der Waals surface area (Å²) in [6, 6.07) is 4.55. The van der Waals surface area contributed by atoms with Gasteiger partial charge >= 0.3 is 0 Å². The van der Waals surface area contributed by atoms with Crippen LogP contribution in [0, 0.1) is 0 Å². The Morgan fingerprint density at radius 1 is 1.33 bits per heavy atom. The number of imidazole rings is 1. The molecule has 3 heterocycles. The van der Waals surface area contributed by atoms with Crippen molar-refractivity contribution in [2.75, 3.05) is 18.5 Å². The van der Waals surface area contributed by atoms with Gasteiger partial charge in [0.15, 0.2) is 11.4 Å². The van der Waals surface area contributed by atoms with E-state index in [-0.39, 0.29) is 11.2 Å². The fourth-order valence-electron chi connectivity index (χ4n) is 3.32. The van der Waals surface area contributed by atoms with Crippen LogP contribution in [0.25, 0.3) is 17.3 Å². The van der Waals surface area contributed by atoms with Gasteiger partial charge in [0.05, 0.1) is 30.8 Å². The predicted molar refractivity (Wildman–Crippen MR) is 125 cm³/mol. The van der Waals surface area contributed by atoms with Gasteiger partial charge in [0, 0.05) is 22.7 Å². The van der Waals surface area contributed by atoms with E-state index in [9.17, 15) is 14.4 Å². The molecule has 0 unspecified atom stereocenters. The summed E-state index contributed by atoms with van der Waals surface area (Å²) < 4.78 is 7.09. The SMILES string of the molecule is C=Cc1ccc(-c2csc(NC(=O)[C@H](C)NC(=O)c3cn(C4(C)COC4)cn3)n2)cc1C=O. The number of rotatable bonds is 8. The Labute approximate surface area is 194 Å². The van der Waals surface area contributed by atoms with Crippen LogP contribution in [0.3, 0.4) is 0 Å². The Morgan fingerprint density at radius 3 is 2.79 bits per heavy atom. The number of anilines is 1. The number of aldehydes is 1.